The maximum atomic E-state index is 12.4. The van der Waals surface area contributed by atoms with Crippen molar-refractivity contribution >= 4 is 0 Å². The Labute approximate surface area is 98.5 Å². The molecule has 0 aliphatic rings. The van der Waals surface area contributed by atoms with Crippen LogP contribution in [0.25, 0.3) is 0 Å². The van der Waals surface area contributed by atoms with E-state index in [1.807, 2.05) is 0 Å². The predicted octanol–water partition coefficient (Wildman–Crippen LogP) is 2.39. The molecule has 9 heteroatoms. The first-order chi connectivity index (χ1) is 8.28. The molecule has 0 amide bonds. The molecule has 0 atom stereocenters. The topological polar surface area (TPSA) is 57.4 Å². The molecule has 0 radical (unpaired) electrons. The Morgan fingerprint density at radius 3 is 2.39 bits per heavy atom. The number of rotatable bonds is 4. The van der Waals surface area contributed by atoms with Crippen molar-refractivity contribution in [2.75, 3.05) is 7.11 Å². The van der Waals surface area contributed by atoms with Crippen LogP contribution in [0.4, 0.5) is 22.0 Å². The number of methoxy groups -OCH3 is 1. The van der Waals surface area contributed by atoms with Gasteiger partial charge in [0.25, 0.3) is 12.3 Å². The monoisotopic (exact) mass is 272 g/mol. The number of ether oxygens (including phenoxy) is 2. The average Bonchev–Trinajstić information content (AvgIpc) is 2.26. The lowest BCUT2D eigenvalue weighted by molar-refractivity contribution is -0.275. The van der Waals surface area contributed by atoms with E-state index in [0.29, 0.717) is 0 Å². The van der Waals surface area contributed by atoms with E-state index >= 15 is 0 Å². The molecule has 0 unspecified atom stereocenters. The van der Waals surface area contributed by atoms with Crippen molar-refractivity contribution in [2.45, 2.75) is 19.3 Å². The highest BCUT2D eigenvalue weighted by atomic mass is 19.4. The zero-order valence-corrected chi connectivity index (χ0v) is 9.09. The van der Waals surface area contributed by atoms with E-state index in [1.54, 1.807) is 0 Å². The Hall–Kier alpha value is -1.64. The van der Waals surface area contributed by atoms with Crippen molar-refractivity contribution in [2.24, 2.45) is 5.73 Å². The molecule has 2 N–H and O–H groups in total. The van der Waals surface area contributed by atoms with Crippen LogP contribution in [0.2, 0.25) is 0 Å². The number of aromatic nitrogens is 1. The second kappa shape index (κ2) is 5.34. The predicted molar refractivity (Wildman–Crippen MR) is 50.3 cm³/mol. The van der Waals surface area contributed by atoms with Crippen LogP contribution >= 0.6 is 0 Å². The number of pyridine rings is 1. The molecular formula is C9H9F5N2O2. The molecule has 18 heavy (non-hydrogen) atoms. The molecular weight excluding hydrogens is 263 g/mol. The minimum atomic E-state index is -4.99. The maximum absolute atomic E-state index is 12.4. The van der Waals surface area contributed by atoms with Gasteiger partial charge in [0.05, 0.1) is 7.11 Å². The van der Waals surface area contributed by atoms with E-state index in [0.717, 1.165) is 13.2 Å². The van der Waals surface area contributed by atoms with Gasteiger partial charge in [-0.3, -0.25) is 0 Å². The first-order valence-electron chi connectivity index (χ1n) is 4.60. The fourth-order valence-electron chi connectivity index (χ4n) is 1.21. The summed E-state index contributed by atoms with van der Waals surface area (Å²) in [4.78, 5) is 3.23. The zero-order valence-electron chi connectivity index (χ0n) is 9.09. The van der Waals surface area contributed by atoms with Crippen LogP contribution in [0.15, 0.2) is 6.07 Å². The van der Waals surface area contributed by atoms with Gasteiger partial charge in [-0.1, -0.05) is 0 Å². The second-order valence-corrected chi connectivity index (χ2v) is 3.10. The van der Waals surface area contributed by atoms with Gasteiger partial charge in [0.1, 0.15) is 5.69 Å². The Morgan fingerprint density at radius 1 is 1.39 bits per heavy atom. The summed E-state index contributed by atoms with van der Waals surface area (Å²) in [5.41, 5.74) is 4.18. The summed E-state index contributed by atoms with van der Waals surface area (Å²) in [6.45, 7) is -0.427. The highest BCUT2D eigenvalue weighted by Gasteiger charge is 2.34. The third-order valence-electron chi connectivity index (χ3n) is 1.89. The van der Waals surface area contributed by atoms with Crippen molar-refractivity contribution in [3.8, 4) is 11.6 Å². The van der Waals surface area contributed by atoms with E-state index < -0.39 is 36.7 Å². The number of nitrogens with zero attached hydrogens (tertiary/aromatic N) is 1. The van der Waals surface area contributed by atoms with Crippen LogP contribution in [-0.4, -0.2) is 18.5 Å². The van der Waals surface area contributed by atoms with E-state index in [2.05, 4.69) is 14.5 Å². The lowest BCUT2D eigenvalue weighted by Gasteiger charge is -2.16. The smallest absolute Gasteiger partial charge is 0.478 e. The summed E-state index contributed by atoms with van der Waals surface area (Å²) in [5.74, 6) is -1.50. The molecule has 0 spiro atoms. The van der Waals surface area contributed by atoms with E-state index in [9.17, 15) is 22.0 Å². The van der Waals surface area contributed by atoms with Crippen molar-refractivity contribution in [1.82, 2.24) is 4.98 Å². The average molecular weight is 272 g/mol. The molecule has 1 heterocycles. The van der Waals surface area contributed by atoms with Crippen LogP contribution in [-0.2, 0) is 6.54 Å². The molecule has 4 nitrogen and oxygen atoms in total. The van der Waals surface area contributed by atoms with Gasteiger partial charge in [0.2, 0.25) is 0 Å². The number of nitrogens with two attached hydrogens (primary N) is 1. The summed E-state index contributed by atoms with van der Waals surface area (Å²) in [6.07, 6.45) is -7.95. The van der Waals surface area contributed by atoms with E-state index in [4.69, 9.17) is 5.73 Å². The molecule has 0 aliphatic carbocycles. The first kappa shape index (κ1) is 14.4. The van der Waals surface area contributed by atoms with Crippen molar-refractivity contribution in [1.29, 1.82) is 0 Å². The number of halogens is 5. The summed E-state index contributed by atoms with van der Waals surface area (Å²) in [6, 6.07) is 0.744. The molecule has 1 rings (SSSR count). The lowest BCUT2D eigenvalue weighted by Crippen LogP contribution is -2.20. The maximum Gasteiger partial charge on any atom is 0.573 e. The zero-order chi connectivity index (χ0) is 13.9. The van der Waals surface area contributed by atoms with Crippen LogP contribution in [0.1, 0.15) is 17.7 Å². The second-order valence-electron chi connectivity index (χ2n) is 3.10. The van der Waals surface area contributed by atoms with Crippen LogP contribution < -0.4 is 15.2 Å². The first-order valence-corrected chi connectivity index (χ1v) is 4.60. The van der Waals surface area contributed by atoms with Crippen molar-refractivity contribution < 1.29 is 31.4 Å². The molecule has 1 aromatic rings. The highest BCUT2D eigenvalue weighted by molar-refractivity contribution is 5.43. The molecule has 0 aromatic carbocycles. The van der Waals surface area contributed by atoms with Crippen molar-refractivity contribution in [3.63, 3.8) is 0 Å². The Bertz CT molecular complexity index is 397. The van der Waals surface area contributed by atoms with Gasteiger partial charge >= 0.3 is 6.36 Å². The number of hydrogen-bond acceptors (Lipinski definition) is 4. The minimum absolute atomic E-state index is 0.269. The van der Waals surface area contributed by atoms with Gasteiger partial charge in [0, 0.05) is 12.1 Å². The van der Waals surface area contributed by atoms with Gasteiger partial charge in [-0.2, -0.15) is 0 Å². The molecule has 0 saturated heterocycles. The highest BCUT2D eigenvalue weighted by Crippen LogP contribution is 2.36. The van der Waals surface area contributed by atoms with Crippen LogP contribution in [0, 0.1) is 0 Å². The molecule has 1 aromatic heterocycles. The molecule has 0 aliphatic heterocycles. The summed E-state index contributed by atoms with van der Waals surface area (Å²) in [7, 11) is 0.987. The van der Waals surface area contributed by atoms with Gasteiger partial charge < -0.3 is 15.2 Å². The molecule has 102 valence electrons. The minimum Gasteiger partial charge on any atom is -0.478 e. The van der Waals surface area contributed by atoms with Crippen LogP contribution in [0.3, 0.4) is 0 Å². The summed E-state index contributed by atoms with van der Waals surface area (Å²) in [5, 5.41) is 0. The molecule has 0 fully saturated rings. The van der Waals surface area contributed by atoms with E-state index in [-0.39, 0.29) is 5.56 Å². The van der Waals surface area contributed by atoms with Crippen LogP contribution in [0.5, 0.6) is 11.6 Å². The third-order valence-corrected chi connectivity index (χ3v) is 1.89. The Balaban J connectivity index is 3.30. The standard InChI is InChI=1S/C9H9F5N2O2/c1-17-8-6(18-9(12,13)14)4(3-15)2-5(16-8)7(10)11/h2,7H,3,15H2,1H3. The number of alkyl halides is 5. The summed E-state index contributed by atoms with van der Waals surface area (Å²) < 4.78 is 69.5. The largest absolute Gasteiger partial charge is 0.573 e. The normalized spacial score (nSPS) is 11.8. The van der Waals surface area contributed by atoms with Gasteiger partial charge in [-0.05, 0) is 6.07 Å². The molecule has 0 saturated carbocycles. The van der Waals surface area contributed by atoms with Gasteiger partial charge in [-0.25, -0.2) is 13.8 Å². The molecule has 0 bridgehead atoms. The fourth-order valence-corrected chi connectivity index (χ4v) is 1.21. The lowest BCUT2D eigenvalue weighted by atomic mass is 10.2. The van der Waals surface area contributed by atoms with Crippen molar-refractivity contribution in [3.05, 3.63) is 17.3 Å². The Morgan fingerprint density at radius 2 is 2.00 bits per heavy atom. The number of hydrogen-bond donors (Lipinski definition) is 1. The third kappa shape index (κ3) is 3.42. The van der Waals surface area contributed by atoms with Gasteiger partial charge in [0.15, 0.2) is 5.75 Å². The quantitative estimate of drug-likeness (QED) is 0.855. The Kier molecular flexibility index (Phi) is 4.28. The van der Waals surface area contributed by atoms with E-state index in [1.165, 1.54) is 0 Å². The SMILES string of the molecule is COc1nc(C(F)F)cc(CN)c1OC(F)(F)F. The summed E-state index contributed by atoms with van der Waals surface area (Å²) >= 11 is 0. The fraction of sp³-hybridized carbons (Fsp3) is 0.444. The van der Waals surface area contributed by atoms with Gasteiger partial charge in [-0.15, -0.1) is 13.2 Å².